The summed E-state index contributed by atoms with van der Waals surface area (Å²) in [7, 11) is 0. The zero-order chi connectivity index (χ0) is 15.3. The molecule has 0 bridgehead atoms. The highest BCUT2D eigenvalue weighted by molar-refractivity contribution is 5.88. The van der Waals surface area contributed by atoms with E-state index in [1.54, 1.807) is 13.8 Å². The predicted molar refractivity (Wildman–Crippen MR) is 75.0 cm³/mol. The van der Waals surface area contributed by atoms with Crippen LogP contribution in [0.1, 0.15) is 37.1 Å². The first kappa shape index (κ1) is 16.1. The number of hydrogen-bond acceptors (Lipinski definition) is 5. The van der Waals surface area contributed by atoms with Gasteiger partial charge in [-0.25, -0.2) is 4.79 Å². The first-order chi connectivity index (χ1) is 9.42. The molecule has 3 N–H and O–H groups in total. The van der Waals surface area contributed by atoms with Gasteiger partial charge >= 0.3 is 5.97 Å². The molecule has 0 aromatic carbocycles. The van der Waals surface area contributed by atoms with Crippen molar-refractivity contribution in [2.45, 2.75) is 39.8 Å². The fourth-order valence-corrected chi connectivity index (χ4v) is 1.75. The Labute approximate surface area is 117 Å². The molecule has 1 rings (SSSR count). The van der Waals surface area contributed by atoms with E-state index in [1.165, 1.54) is 12.4 Å². The second kappa shape index (κ2) is 7.00. The number of aliphatic imine (C=N–C) groups is 1. The summed E-state index contributed by atoms with van der Waals surface area (Å²) in [6.45, 7) is 5.02. The summed E-state index contributed by atoms with van der Waals surface area (Å²) >= 11 is 0. The molecular weight excluding hydrogens is 260 g/mol. The maximum atomic E-state index is 11.2. The average Bonchev–Trinajstić information content (AvgIpc) is 2.42. The average molecular weight is 280 g/mol. The molecule has 0 unspecified atom stereocenters. The number of aromatic hydroxyl groups is 1. The van der Waals surface area contributed by atoms with Crippen molar-refractivity contribution in [3.05, 3.63) is 23.0 Å². The molecule has 1 aromatic heterocycles. The molecule has 6 nitrogen and oxygen atoms in total. The Balaban J connectivity index is 3.16. The molecule has 1 heterocycles. The molecule has 0 aliphatic carbocycles. The number of aromatic nitrogens is 1. The van der Waals surface area contributed by atoms with Crippen molar-refractivity contribution in [1.29, 1.82) is 0 Å². The third-order valence-electron chi connectivity index (χ3n) is 3.33. The van der Waals surface area contributed by atoms with E-state index in [0.29, 0.717) is 23.2 Å². The summed E-state index contributed by atoms with van der Waals surface area (Å²) in [5.41, 5.74) is 1.12. The van der Waals surface area contributed by atoms with Gasteiger partial charge in [-0.1, -0.05) is 20.3 Å². The third kappa shape index (κ3) is 3.54. The number of aliphatic hydroxyl groups excluding tert-OH is 1. The standard InChI is InChI=1S/C14H20N2O4/c1-4-8(2)12(14(19)20)16-6-11-10(7-17)5-15-9(3)13(11)18/h5-6,8,12,17-18H,4,7H2,1-3H3,(H,19,20)/t8-,12-/m0/s1. The zero-order valence-electron chi connectivity index (χ0n) is 11.9. The fourth-order valence-electron chi connectivity index (χ4n) is 1.75. The summed E-state index contributed by atoms with van der Waals surface area (Å²) in [6, 6.07) is -0.876. The molecule has 0 saturated carbocycles. The van der Waals surface area contributed by atoms with E-state index in [0.717, 1.165) is 0 Å². The van der Waals surface area contributed by atoms with Crippen LogP contribution in [0.2, 0.25) is 0 Å². The summed E-state index contributed by atoms with van der Waals surface area (Å²) in [6.07, 6.45) is 3.43. The van der Waals surface area contributed by atoms with Crippen molar-refractivity contribution in [2.24, 2.45) is 10.9 Å². The Bertz CT molecular complexity index is 514. The lowest BCUT2D eigenvalue weighted by atomic mass is 10.00. The Morgan fingerprint density at radius 3 is 2.70 bits per heavy atom. The Kier molecular flexibility index (Phi) is 5.64. The van der Waals surface area contributed by atoms with Crippen LogP contribution in [0.25, 0.3) is 0 Å². The van der Waals surface area contributed by atoms with E-state index in [1.807, 2.05) is 6.92 Å². The van der Waals surface area contributed by atoms with E-state index in [2.05, 4.69) is 9.98 Å². The van der Waals surface area contributed by atoms with Crippen LogP contribution < -0.4 is 0 Å². The molecule has 2 atom stereocenters. The maximum absolute atomic E-state index is 11.2. The van der Waals surface area contributed by atoms with E-state index in [9.17, 15) is 15.0 Å². The highest BCUT2D eigenvalue weighted by Gasteiger charge is 2.22. The SMILES string of the molecule is CC[C@H](C)[C@H](N=Cc1c(CO)cnc(C)c1O)C(=O)O. The van der Waals surface area contributed by atoms with Crippen molar-refractivity contribution in [3.8, 4) is 5.75 Å². The van der Waals surface area contributed by atoms with Gasteiger partial charge in [0.05, 0.1) is 12.3 Å². The third-order valence-corrected chi connectivity index (χ3v) is 3.33. The van der Waals surface area contributed by atoms with Crippen LogP contribution in [0.15, 0.2) is 11.2 Å². The van der Waals surface area contributed by atoms with Crippen molar-refractivity contribution in [1.82, 2.24) is 4.98 Å². The number of aliphatic carboxylic acids is 1. The predicted octanol–water partition coefficient (Wildman–Crippen LogP) is 1.51. The molecule has 0 fully saturated rings. The van der Waals surface area contributed by atoms with Crippen LogP contribution >= 0.6 is 0 Å². The number of nitrogens with zero attached hydrogens (tertiary/aromatic N) is 2. The van der Waals surface area contributed by atoms with Crippen LogP contribution in [-0.4, -0.2) is 38.5 Å². The minimum atomic E-state index is -1.01. The number of aryl methyl sites for hydroxylation is 1. The topological polar surface area (TPSA) is 103 Å². The van der Waals surface area contributed by atoms with E-state index < -0.39 is 12.0 Å². The van der Waals surface area contributed by atoms with E-state index in [-0.39, 0.29) is 18.3 Å². The van der Waals surface area contributed by atoms with Gasteiger partial charge in [0.15, 0.2) is 0 Å². The monoisotopic (exact) mass is 280 g/mol. The molecule has 0 saturated heterocycles. The lowest BCUT2D eigenvalue weighted by molar-refractivity contribution is -0.139. The number of pyridine rings is 1. The Morgan fingerprint density at radius 2 is 2.20 bits per heavy atom. The lowest BCUT2D eigenvalue weighted by Gasteiger charge is -2.14. The molecule has 20 heavy (non-hydrogen) atoms. The minimum absolute atomic E-state index is 0.0893. The van der Waals surface area contributed by atoms with Gasteiger partial charge < -0.3 is 15.3 Å². The van der Waals surface area contributed by atoms with Crippen molar-refractivity contribution >= 4 is 12.2 Å². The van der Waals surface area contributed by atoms with Gasteiger partial charge in [0.2, 0.25) is 0 Å². The van der Waals surface area contributed by atoms with E-state index in [4.69, 9.17) is 5.11 Å². The van der Waals surface area contributed by atoms with Crippen LogP contribution in [0.3, 0.4) is 0 Å². The zero-order valence-corrected chi connectivity index (χ0v) is 11.9. The quantitative estimate of drug-likeness (QED) is 0.685. The number of rotatable bonds is 6. The molecule has 0 aliphatic rings. The molecule has 110 valence electrons. The second-order valence-electron chi connectivity index (χ2n) is 4.74. The fraction of sp³-hybridized carbons (Fsp3) is 0.500. The highest BCUT2D eigenvalue weighted by atomic mass is 16.4. The molecular formula is C14H20N2O4. The smallest absolute Gasteiger partial charge is 0.328 e. The van der Waals surface area contributed by atoms with Gasteiger partial charge in [0.1, 0.15) is 11.8 Å². The van der Waals surface area contributed by atoms with Crippen LogP contribution in [-0.2, 0) is 11.4 Å². The van der Waals surface area contributed by atoms with Crippen molar-refractivity contribution in [2.75, 3.05) is 0 Å². The molecule has 1 aromatic rings. The number of aliphatic hydroxyl groups is 1. The molecule has 0 spiro atoms. The number of carboxylic acids is 1. The highest BCUT2D eigenvalue weighted by Crippen LogP contribution is 2.22. The normalized spacial score (nSPS) is 14.4. The van der Waals surface area contributed by atoms with Crippen LogP contribution in [0.5, 0.6) is 5.75 Å². The lowest BCUT2D eigenvalue weighted by Crippen LogP contribution is -2.25. The van der Waals surface area contributed by atoms with Gasteiger partial charge in [0.25, 0.3) is 0 Å². The summed E-state index contributed by atoms with van der Waals surface area (Å²) in [5, 5.41) is 28.3. The van der Waals surface area contributed by atoms with Crippen molar-refractivity contribution < 1.29 is 20.1 Å². The van der Waals surface area contributed by atoms with Crippen LogP contribution in [0.4, 0.5) is 0 Å². The van der Waals surface area contributed by atoms with E-state index >= 15 is 0 Å². The molecule has 0 amide bonds. The second-order valence-corrected chi connectivity index (χ2v) is 4.74. The first-order valence-corrected chi connectivity index (χ1v) is 6.46. The van der Waals surface area contributed by atoms with Crippen LogP contribution in [0, 0.1) is 12.8 Å². The summed E-state index contributed by atoms with van der Waals surface area (Å²) < 4.78 is 0. The molecule has 0 aliphatic heterocycles. The Hall–Kier alpha value is -1.95. The minimum Gasteiger partial charge on any atom is -0.505 e. The largest absolute Gasteiger partial charge is 0.505 e. The van der Waals surface area contributed by atoms with Crippen molar-refractivity contribution in [3.63, 3.8) is 0 Å². The number of carbonyl (C=O) groups is 1. The molecule has 0 radical (unpaired) electrons. The molecule has 6 heteroatoms. The van der Waals surface area contributed by atoms with Gasteiger partial charge in [-0.2, -0.15) is 0 Å². The number of carboxylic acid groups (broad SMARTS) is 1. The summed E-state index contributed by atoms with van der Waals surface area (Å²) in [4.78, 5) is 19.2. The Morgan fingerprint density at radius 1 is 1.55 bits per heavy atom. The maximum Gasteiger partial charge on any atom is 0.328 e. The summed E-state index contributed by atoms with van der Waals surface area (Å²) in [5.74, 6) is -1.22. The van der Waals surface area contributed by atoms with Gasteiger partial charge in [-0.3, -0.25) is 9.98 Å². The van der Waals surface area contributed by atoms with Gasteiger partial charge in [-0.15, -0.1) is 0 Å². The first-order valence-electron chi connectivity index (χ1n) is 6.46. The van der Waals surface area contributed by atoms with Gasteiger partial charge in [-0.05, 0) is 12.8 Å². The number of hydrogen-bond donors (Lipinski definition) is 3. The van der Waals surface area contributed by atoms with Gasteiger partial charge in [0, 0.05) is 23.5 Å².